The van der Waals surface area contributed by atoms with Gasteiger partial charge in [0.25, 0.3) is 5.91 Å². The third-order valence-corrected chi connectivity index (χ3v) is 6.52. The number of benzene rings is 1. The van der Waals surface area contributed by atoms with E-state index in [2.05, 4.69) is 41.8 Å². The number of furan rings is 1. The van der Waals surface area contributed by atoms with Gasteiger partial charge in [0.2, 0.25) is 0 Å². The molecule has 0 saturated carbocycles. The van der Waals surface area contributed by atoms with Crippen LogP contribution in [0.5, 0.6) is 0 Å². The summed E-state index contributed by atoms with van der Waals surface area (Å²) >= 11 is 7.98. The van der Waals surface area contributed by atoms with E-state index in [0.29, 0.717) is 20.5 Å². The molecule has 26 heavy (non-hydrogen) atoms. The number of pyridine rings is 1. The van der Waals surface area contributed by atoms with Crippen LogP contribution in [0.2, 0.25) is 0 Å². The number of aromatic nitrogens is 1. The van der Waals surface area contributed by atoms with Crippen LogP contribution in [-0.4, -0.2) is 28.0 Å². The van der Waals surface area contributed by atoms with Gasteiger partial charge in [-0.3, -0.25) is 14.7 Å². The number of thioether (sulfide) groups is 1. The zero-order valence-corrected chi connectivity index (χ0v) is 17.4. The first kappa shape index (κ1) is 17.5. The Labute approximate surface area is 170 Å². The lowest BCUT2D eigenvalue weighted by atomic mass is 10.2. The molecule has 3 aromatic rings. The number of halogens is 2. The summed E-state index contributed by atoms with van der Waals surface area (Å²) < 4.78 is 6.91. The molecule has 3 heterocycles. The second-order valence-corrected chi connectivity index (χ2v) is 8.10. The smallest absolute Gasteiger partial charge is 0.266 e. The number of carbonyl (C=O) groups is 1. The number of carbonyl (C=O) groups excluding carboxylic acids is 1. The van der Waals surface area contributed by atoms with Gasteiger partial charge in [0, 0.05) is 24.7 Å². The van der Waals surface area contributed by atoms with Gasteiger partial charge in [-0.1, -0.05) is 6.07 Å². The van der Waals surface area contributed by atoms with Crippen molar-refractivity contribution in [1.29, 1.82) is 0 Å². The van der Waals surface area contributed by atoms with Crippen LogP contribution in [0.25, 0.3) is 17.0 Å². The maximum absolute atomic E-state index is 12.5. The van der Waals surface area contributed by atoms with Crippen LogP contribution in [0.1, 0.15) is 5.76 Å². The molecule has 1 fully saturated rings. The summed E-state index contributed by atoms with van der Waals surface area (Å²) in [5.74, 6) is 0.478. The SMILES string of the molecule is CN1C(=O)/C(=C/c2cc(Br)c(Br)o2)SC1=Nc1ccc2ncccc2c1. The molecule has 4 rings (SSSR count). The van der Waals surface area contributed by atoms with Crippen molar-refractivity contribution in [3.05, 3.63) is 62.4 Å². The van der Waals surface area contributed by atoms with E-state index in [1.807, 2.05) is 30.3 Å². The molecule has 0 radical (unpaired) electrons. The lowest BCUT2D eigenvalue weighted by Gasteiger charge is -2.07. The van der Waals surface area contributed by atoms with Gasteiger partial charge in [-0.25, -0.2) is 4.99 Å². The number of hydrogen-bond donors (Lipinski definition) is 0. The molecule has 5 nitrogen and oxygen atoms in total. The Morgan fingerprint density at radius 3 is 2.88 bits per heavy atom. The molecule has 1 aliphatic heterocycles. The lowest BCUT2D eigenvalue weighted by Crippen LogP contribution is -2.23. The summed E-state index contributed by atoms with van der Waals surface area (Å²) in [4.78, 5) is 23.5. The first-order chi connectivity index (χ1) is 12.5. The Morgan fingerprint density at radius 2 is 2.12 bits per heavy atom. The Morgan fingerprint density at radius 1 is 1.27 bits per heavy atom. The molecule has 1 aromatic carbocycles. The van der Waals surface area contributed by atoms with Gasteiger partial charge in [0.15, 0.2) is 9.84 Å². The number of likely N-dealkylation sites (N-methyl/N-ethyl adjacent to an activating group) is 1. The van der Waals surface area contributed by atoms with E-state index in [-0.39, 0.29) is 5.91 Å². The van der Waals surface area contributed by atoms with Gasteiger partial charge in [-0.15, -0.1) is 0 Å². The number of fused-ring (bicyclic) bond motifs is 1. The van der Waals surface area contributed by atoms with Crippen molar-refractivity contribution < 1.29 is 9.21 Å². The molecule has 8 heteroatoms. The van der Waals surface area contributed by atoms with E-state index in [1.54, 1.807) is 25.4 Å². The van der Waals surface area contributed by atoms with E-state index < -0.39 is 0 Å². The van der Waals surface area contributed by atoms with Gasteiger partial charge in [0.1, 0.15) is 5.76 Å². The summed E-state index contributed by atoms with van der Waals surface area (Å²) in [6.07, 6.45) is 3.47. The molecule has 0 aliphatic carbocycles. The minimum absolute atomic E-state index is 0.111. The molecule has 0 atom stereocenters. The highest BCUT2D eigenvalue weighted by molar-refractivity contribution is 9.13. The first-order valence-corrected chi connectivity index (χ1v) is 9.97. The number of aliphatic imine (C=N–C) groups is 1. The zero-order valence-electron chi connectivity index (χ0n) is 13.4. The van der Waals surface area contributed by atoms with E-state index in [4.69, 9.17) is 4.42 Å². The Balaban J connectivity index is 1.66. The predicted octanol–water partition coefficient (Wildman–Crippen LogP) is 5.59. The fraction of sp³-hybridized carbons (Fsp3) is 0.0556. The molecule has 1 saturated heterocycles. The van der Waals surface area contributed by atoms with Gasteiger partial charge in [0.05, 0.1) is 20.6 Å². The minimum Gasteiger partial charge on any atom is -0.449 e. The average Bonchev–Trinajstić information content (AvgIpc) is 3.08. The first-order valence-electron chi connectivity index (χ1n) is 7.57. The number of rotatable bonds is 2. The second kappa shape index (κ2) is 7.02. The Hall–Kier alpha value is -1.90. The molecule has 0 spiro atoms. The highest BCUT2D eigenvalue weighted by atomic mass is 79.9. The summed E-state index contributed by atoms with van der Waals surface area (Å²) in [6.45, 7) is 0. The fourth-order valence-electron chi connectivity index (χ4n) is 2.46. The molecular weight excluding hydrogens is 482 g/mol. The standard InChI is InChI=1S/C18H11Br2N3O2S/c1-23-17(24)15(9-12-8-13(19)16(20)25-12)26-18(23)22-11-4-5-14-10(7-11)3-2-6-21-14/h2-9H,1H3/b15-9-,22-18?. The van der Waals surface area contributed by atoms with E-state index in [9.17, 15) is 4.79 Å². The molecular formula is C18H11Br2N3O2S. The van der Waals surface area contributed by atoms with E-state index in [0.717, 1.165) is 21.1 Å². The summed E-state index contributed by atoms with van der Waals surface area (Å²) in [7, 11) is 1.71. The zero-order chi connectivity index (χ0) is 18.3. The quantitative estimate of drug-likeness (QED) is 0.437. The number of nitrogens with zero attached hydrogens (tertiary/aromatic N) is 3. The van der Waals surface area contributed by atoms with Crippen molar-refractivity contribution in [2.45, 2.75) is 0 Å². The molecule has 0 bridgehead atoms. The van der Waals surface area contributed by atoms with Crippen molar-refractivity contribution in [2.75, 3.05) is 7.05 Å². The van der Waals surface area contributed by atoms with Gasteiger partial charge in [-0.2, -0.15) is 0 Å². The highest BCUT2D eigenvalue weighted by Gasteiger charge is 2.30. The van der Waals surface area contributed by atoms with Crippen LogP contribution < -0.4 is 0 Å². The topological polar surface area (TPSA) is 58.7 Å². The van der Waals surface area contributed by atoms with Crippen LogP contribution in [0.4, 0.5) is 5.69 Å². The Bertz CT molecular complexity index is 1070. The minimum atomic E-state index is -0.111. The van der Waals surface area contributed by atoms with Crippen LogP contribution in [0, 0.1) is 0 Å². The molecule has 2 aromatic heterocycles. The molecule has 0 unspecified atom stereocenters. The largest absolute Gasteiger partial charge is 0.449 e. The van der Waals surface area contributed by atoms with Gasteiger partial charge >= 0.3 is 0 Å². The van der Waals surface area contributed by atoms with Crippen LogP contribution in [0.15, 0.2) is 66.1 Å². The van der Waals surface area contributed by atoms with Gasteiger partial charge < -0.3 is 4.42 Å². The molecule has 130 valence electrons. The number of hydrogen-bond acceptors (Lipinski definition) is 5. The van der Waals surface area contributed by atoms with Crippen molar-refractivity contribution in [2.24, 2.45) is 4.99 Å². The summed E-state index contributed by atoms with van der Waals surface area (Å²) in [5, 5.41) is 1.63. The number of amidine groups is 1. The third kappa shape index (κ3) is 3.36. The maximum Gasteiger partial charge on any atom is 0.266 e. The normalized spacial score (nSPS) is 17.8. The average molecular weight is 493 g/mol. The maximum atomic E-state index is 12.5. The van der Waals surface area contributed by atoms with Crippen molar-refractivity contribution in [1.82, 2.24) is 9.88 Å². The van der Waals surface area contributed by atoms with Crippen molar-refractivity contribution >= 4 is 77.4 Å². The summed E-state index contributed by atoms with van der Waals surface area (Å²) in [6, 6.07) is 11.4. The van der Waals surface area contributed by atoms with Crippen molar-refractivity contribution in [3.8, 4) is 0 Å². The third-order valence-electron chi connectivity index (χ3n) is 3.75. The fourth-order valence-corrected chi connectivity index (χ4v) is 4.03. The summed E-state index contributed by atoms with van der Waals surface area (Å²) in [5.41, 5.74) is 1.69. The number of amides is 1. The predicted molar refractivity (Wildman–Crippen MR) is 111 cm³/mol. The molecule has 1 amide bonds. The second-order valence-electron chi connectivity index (χ2n) is 5.52. The molecule has 0 N–H and O–H groups in total. The van der Waals surface area contributed by atoms with Crippen LogP contribution in [0.3, 0.4) is 0 Å². The van der Waals surface area contributed by atoms with Crippen LogP contribution >= 0.6 is 43.6 Å². The Kier molecular flexibility index (Phi) is 4.73. The van der Waals surface area contributed by atoms with E-state index in [1.165, 1.54) is 16.7 Å². The monoisotopic (exact) mass is 491 g/mol. The highest BCUT2D eigenvalue weighted by Crippen LogP contribution is 2.35. The van der Waals surface area contributed by atoms with E-state index >= 15 is 0 Å². The van der Waals surface area contributed by atoms with Gasteiger partial charge in [-0.05, 0) is 74.0 Å². The van der Waals surface area contributed by atoms with Crippen molar-refractivity contribution in [3.63, 3.8) is 0 Å². The van der Waals surface area contributed by atoms with Crippen LogP contribution in [-0.2, 0) is 4.79 Å². The molecule has 1 aliphatic rings. The lowest BCUT2D eigenvalue weighted by molar-refractivity contribution is -0.121.